The van der Waals surface area contributed by atoms with E-state index < -0.39 is 35.5 Å². The molecular formula is C27H32N2O6. The molecule has 35 heavy (non-hydrogen) atoms. The van der Waals surface area contributed by atoms with E-state index in [9.17, 15) is 19.5 Å². The van der Waals surface area contributed by atoms with Crippen molar-refractivity contribution in [3.63, 3.8) is 0 Å². The number of fused-ring (bicyclic) bond motifs is 3. The minimum atomic E-state index is -1.50. The Morgan fingerprint density at radius 3 is 2.23 bits per heavy atom. The van der Waals surface area contributed by atoms with E-state index in [0.29, 0.717) is 12.8 Å². The number of rotatable bonds is 9. The molecule has 3 N–H and O–H groups in total. The number of ether oxygens (including phenoxy) is 2. The van der Waals surface area contributed by atoms with Crippen LogP contribution in [0.5, 0.6) is 0 Å². The Morgan fingerprint density at radius 2 is 1.66 bits per heavy atom. The minimum absolute atomic E-state index is 0.0504. The summed E-state index contributed by atoms with van der Waals surface area (Å²) in [5.74, 6) is -2.12. The number of carbonyl (C=O) groups excluding carboxylic acids is 2. The highest BCUT2D eigenvalue weighted by Crippen LogP contribution is 2.44. The molecule has 8 nitrogen and oxygen atoms in total. The normalized spacial score (nSPS) is 20.4. The molecule has 1 saturated carbocycles. The number of carboxylic acid groups (broad SMARTS) is 1. The van der Waals surface area contributed by atoms with Crippen molar-refractivity contribution in [2.75, 3.05) is 20.3 Å². The zero-order chi connectivity index (χ0) is 25.0. The van der Waals surface area contributed by atoms with Gasteiger partial charge in [-0.25, -0.2) is 9.59 Å². The predicted octanol–water partition coefficient (Wildman–Crippen LogP) is 3.69. The quantitative estimate of drug-likeness (QED) is 0.504. The molecule has 186 valence electrons. The number of methoxy groups -OCH3 is 1. The highest BCUT2D eigenvalue weighted by Gasteiger charge is 2.43. The zero-order valence-electron chi connectivity index (χ0n) is 20.1. The summed E-state index contributed by atoms with van der Waals surface area (Å²) in [6.45, 7) is 1.74. The molecule has 0 radical (unpaired) electrons. The summed E-state index contributed by atoms with van der Waals surface area (Å²) in [7, 11) is 1.40. The fourth-order valence-corrected chi connectivity index (χ4v) is 5.31. The first-order valence-corrected chi connectivity index (χ1v) is 12.1. The van der Waals surface area contributed by atoms with E-state index in [2.05, 4.69) is 34.9 Å². The van der Waals surface area contributed by atoms with Gasteiger partial charge in [-0.05, 0) is 41.5 Å². The number of carbonyl (C=O) groups is 3. The van der Waals surface area contributed by atoms with Crippen molar-refractivity contribution in [3.05, 3.63) is 59.7 Å². The molecule has 0 spiro atoms. The molecule has 2 aliphatic rings. The fraction of sp³-hybridized carbons (Fsp3) is 0.444. The van der Waals surface area contributed by atoms with Crippen molar-refractivity contribution < 1.29 is 29.0 Å². The summed E-state index contributed by atoms with van der Waals surface area (Å²) < 4.78 is 10.7. The molecule has 2 aromatic carbocycles. The maximum absolute atomic E-state index is 13.0. The SMILES string of the molecule is CCC(COC)(NC(=O)[C@H]1CCC[C@H]1NC(=O)OCC1c2ccccc2-c2ccccc21)C(=O)O. The van der Waals surface area contributed by atoms with Crippen LogP contribution >= 0.6 is 0 Å². The van der Waals surface area contributed by atoms with Gasteiger partial charge < -0.3 is 25.2 Å². The van der Waals surface area contributed by atoms with Crippen LogP contribution in [0.25, 0.3) is 11.1 Å². The number of alkyl carbamates (subject to hydrolysis) is 1. The third-order valence-electron chi connectivity index (χ3n) is 7.27. The average molecular weight is 481 g/mol. The van der Waals surface area contributed by atoms with Crippen LogP contribution in [0.2, 0.25) is 0 Å². The maximum atomic E-state index is 13.0. The monoisotopic (exact) mass is 480 g/mol. The summed E-state index contributed by atoms with van der Waals surface area (Å²) in [6, 6.07) is 15.8. The molecule has 3 atom stereocenters. The van der Waals surface area contributed by atoms with Crippen LogP contribution < -0.4 is 10.6 Å². The second-order valence-electron chi connectivity index (χ2n) is 9.28. The molecule has 1 unspecified atom stereocenters. The first kappa shape index (κ1) is 24.7. The van der Waals surface area contributed by atoms with Crippen molar-refractivity contribution in [2.45, 2.75) is 50.1 Å². The standard InChI is InChI=1S/C27H32N2O6/c1-3-27(16-34-2,25(31)32)29-24(30)21-13-8-14-23(21)28-26(33)35-15-22-19-11-6-4-9-17(19)18-10-5-7-12-20(18)22/h4-7,9-12,21-23H,3,8,13-16H2,1-2H3,(H,28,33)(H,29,30)(H,31,32)/t21-,23+,27?/m0/s1. The van der Waals surface area contributed by atoms with Gasteiger partial charge in [-0.1, -0.05) is 61.9 Å². The second kappa shape index (κ2) is 10.5. The van der Waals surface area contributed by atoms with Gasteiger partial charge in [0.05, 0.1) is 12.5 Å². The van der Waals surface area contributed by atoms with E-state index >= 15 is 0 Å². The van der Waals surface area contributed by atoms with Crippen LogP contribution in [0.1, 0.15) is 49.7 Å². The first-order valence-electron chi connectivity index (χ1n) is 12.1. The number of amides is 2. The van der Waals surface area contributed by atoms with E-state index in [-0.39, 0.29) is 25.6 Å². The van der Waals surface area contributed by atoms with Crippen molar-refractivity contribution in [2.24, 2.45) is 5.92 Å². The molecule has 0 aromatic heterocycles. The molecule has 2 aliphatic carbocycles. The molecular weight excluding hydrogens is 448 g/mol. The number of aliphatic carboxylic acids is 1. The predicted molar refractivity (Wildman–Crippen MR) is 130 cm³/mol. The Hall–Kier alpha value is -3.39. The van der Waals surface area contributed by atoms with E-state index in [0.717, 1.165) is 28.7 Å². The topological polar surface area (TPSA) is 114 Å². The Balaban J connectivity index is 1.39. The van der Waals surface area contributed by atoms with Crippen molar-refractivity contribution in [1.82, 2.24) is 10.6 Å². The minimum Gasteiger partial charge on any atom is -0.479 e. The lowest BCUT2D eigenvalue weighted by Crippen LogP contribution is -2.59. The van der Waals surface area contributed by atoms with Gasteiger partial charge in [-0.3, -0.25) is 4.79 Å². The van der Waals surface area contributed by atoms with E-state index in [1.807, 2.05) is 24.3 Å². The first-order chi connectivity index (χ1) is 16.9. The average Bonchev–Trinajstić information content (AvgIpc) is 3.44. The Morgan fingerprint density at radius 1 is 1.03 bits per heavy atom. The van der Waals surface area contributed by atoms with Crippen molar-refractivity contribution in [1.29, 1.82) is 0 Å². The third-order valence-corrected chi connectivity index (χ3v) is 7.27. The fourth-order valence-electron chi connectivity index (χ4n) is 5.31. The number of hydrogen-bond donors (Lipinski definition) is 3. The van der Waals surface area contributed by atoms with Gasteiger partial charge in [0.2, 0.25) is 5.91 Å². The number of carboxylic acids is 1. The van der Waals surface area contributed by atoms with Crippen LogP contribution in [-0.4, -0.2) is 55.0 Å². The van der Waals surface area contributed by atoms with E-state index in [1.54, 1.807) is 6.92 Å². The largest absolute Gasteiger partial charge is 0.479 e. The van der Waals surface area contributed by atoms with Crippen molar-refractivity contribution >= 4 is 18.0 Å². The molecule has 0 heterocycles. The number of nitrogens with one attached hydrogen (secondary N) is 2. The van der Waals surface area contributed by atoms with Crippen LogP contribution in [0.4, 0.5) is 4.79 Å². The van der Waals surface area contributed by atoms with Gasteiger partial charge in [-0.2, -0.15) is 0 Å². The molecule has 2 aromatic rings. The van der Waals surface area contributed by atoms with Gasteiger partial charge >= 0.3 is 12.1 Å². The van der Waals surface area contributed by atoms with Crippen LogP contribution in [0.15, 0.2) is 48.5 Å². The molecule has 1 fully saturated rings. The highest BCUT2D eigenvalue weighted by molar-refractivity contribution is 5.89. The van der Waals surface area contributed by atoms with Gasteiger partial charge in [0.1, 0.15) is 6.61 Å². The Labute approximate surface area is 205 Å². The highest BCUT2D eigenvalue weighted by atomic mass is 16.5. The molecule has 0 saturated heterocycles. The molecule has 2 amide bonds. The zero-order valence-corrected chi connectivity index (χ0v) is 20.1. The van der Waals surface area contributed by atoms with Gasteiger partial charge in [-0.15, -0.1) is 0 Å². The lowest BCUT2D eigenvalue weighted by molar-refractivity contribution is -0.151. The van der Waals surface area contributed by atoms with Gasteiger partial charge in [0.15, 0.2) is 5.54 Å². The summed E-state index contributed by atoms with van der Waals surface area (Å²) in [5, 5.41) is 15.2. The molecule has 0 bridgehead atoms. The second-order valence-corrected chi connectivity index (χ2v) is 9.28. The lowest BCUT2D eigenvalue weighted by atomic mass is 9.94. The van der Waals surface area contributed by atoms with Crippen LogP contribution in [-0.2, 0) is 19.1 Å². The summed E-state index contributed by atoms with van der Waals surface area (Å²) in [4.78, 5) is 37.6. The van der Waals surface area contributed by atoms with Crippen LogP contribution in [0, 0.1) is 5.92 Å². The molecule has 0 aliphatic heterocycles. The van der Waals surface area contributed by atoms with E-state index in [4.69, 9.17) is 9.47 Å². The summed E-state index contributed by atoms with van der Waals surface area (Å²) in [5.41, 5.74) is 3.06. The lowest BCUT2D eigenvalue weighted by Gasteiger charge is -2.31. The smallest absolute Gasteiger partial charge is 0.407 e. The summed E-state index contributed by atoms with van der Waals surface area (Å²) in [6.07, 6.45) is 1.54. The van der Waals surface area contributed by atoms with Crippen molar-refractivity contribution in [3.8, 4) is 11.1 Å². The number of benzene rings is 2. The summed E-state index contributed by atoms with van der Waals surface area (Å²) >= 11 is 0. The Kier molecular flexibility index (Phi) is 7.40. The van der Waals surface area contributed by atoms with E-state index in [1.165, 1.54) is 7.11 Å². The number of hydrogen-bond acceptors (Lipinski definition) is 5. The third kappa shape index (κ3) is 4.89. The van der Waals surface area contributed by atoms with Crippen LogP contribution in [0.3, 0.4) is 0 Å². The van der Waals surface area contributed by atoms with Gasteiger partial charge in [0.25, 0.3) is 0 Å². The van der Waals surface area contributed by atoms with Gasteiger partial charge in [0, 0.05) is 19.1 Å². The molecule has 4 rings (SSSR count). The maximum Gasteiger partial charge on any atom is 0.407 e. The molecule has 8 heteroatoms. The Bertz CT molecular complexity index is 1060.